The van der Waals surface area contributed by atoms with Crippen molar-refractivity contribution in [2.24, 2.45) is 0 Å². The molecule has 0 radical (unpaired) electrons. The van der Waals surface area contributed by atoms with Crippen LogP contribution in [0.4, 0.5) is 0 Å². The van der Waals surface area contributed by atoms with Crippen LogP contribution in [0.1, 0.15) is 361 Å². The molecule has 0 aliphatic heterocycles. The summed E-state index contributed by atoms with van der Waals surface area (Å²) < 4.78 is 17.0. The fourth-order valence-corrected chi connectivity index (χ4v) is 10.2. The average Bonchev–Trinajstić information content (AvgIpc) is 3.44. The minimum atomic E-state index is -0.781. The highest BCUT2D eigenvalue weighted by Crippen LogP contribution is 2.18. The highest BCUT2D eigenvalue weighted by Gasteiger charge is 2.19. The molecular weight excluding hydrogens is 961 g/mol. The summed E-state index contributed by atoms with van der Waals surface area (Å²) in [6.07, 6.45) is 85.2. The average molecular weight is 1090 g/mol. The Hall–Kier alpha value is -2.89. The zero-order valence-corrected chi connectivity index (χ0v) is 52.2. The Balaban J connectivity index is 4.37. The fraction of sp³-hybridized carbons (Fsp3) is 0.819. The molecule has 0 aromatic rings. The number of ether oxygens (including phenoxy) is 3. The van der Waals surface area contributed by atoms with E-state index in [-0.39, 0.29) is 31.1 Å². The second-order valence-electron chi connectivity index (χ2n) is 23.1. The summed E-state index contributed by atoms with van der Waals surface area (Å²) in [6.45, 7) is 6.58. The molecule has 78 heavy (non-hydrogen) atoms. The Kier molecular flexibility index (Phi) is 64.2. The predicted octanol–water partition coefficient (Wildman–Crippen LogP) is 23.5. The van der Waals surface area contributed by atoms with Crippen molar-refractivity contribution in [3.05, 3.63) is 60.8 Å². The lowest BCUT2D eigenvalue weighted by molar-refractivity contribution is -0.167. The van der Waals surface area contributed by atoms with Gasteiger partial charge in [0.2, 0.25) is 0 Å². The SMILES string of the molecule is CC/C=C\C/C=C\C/C=C\C/C=C\C/C=C\CCCCCCCC(=O)OCC(COC(=O)CCCCCCCCCCCCCCCCCCCCC)OC(=O)CCCCCCCCCCCCCCCCCCCCCC. The van der Waals surface area contributed by atoms with Gasteiger partial charge >= 0.3 is 17.9 Å². The number of allylic oxidation sites excluding steroid dienone is 10. The predicted molar refractivity (Wildman–Crippen MR) is 339 cm³/mol. The summed E-state index contributed by atoms with van der Waals surface area (Å²) in [6, 6.07) is 0. The van der Waals surface area contributed by atoms with Gasteiger partial charge in [-0.05, 0) is 64.2 Å². The van der Waals surface area contributed by atoms with Crippen molar-refractivity contribution >= 4 is 17.9 Å². The molecule has 0 aliphatic rings. The number of hydrogen-bond acceptors (Lipinski definition) is 6. The molecular formula is C72H130O6. The number of rotatable bonds is 63. The maximum atomic E-state index is 13.0. The number of esters is 3. The first-order valence-corrected chi connectivity index (χ1v) is 34.3. The first-order chi connectivity index (χ1) is 38.5. The molecule has 454 valence electrons. The molecule has 0 heterocycles. The molecule has 0 spiro atoms. The third-order valence-corrected chi connectivity index (χ3v) is 15.3. The molecule has 1 atom stereocenters. The number of carbonyl (C=O) groups is 3. The lowest BCUT2D eigenvalue weighted by Gasteiger charge is -2.18. The van der Waals surface area contributed by atoms with E-state index in [0.29, 0.717) is 19.3 Å². The molecule has 0 fully saturated rings. The van der Waals surface area contributed by atoms with Crippen molar-refractivity contribution in [3.8, 4) is 0 Å². The fourth-order valence-electron chi connectivity index (χ4n) is 10.2. The van der Waals surface area contributed by atoms with E-state index >= 15 is 0 Å². The zero-order valence-electron chi connectivity index (χ0n) is 52.2. The van der Waals surface area contributed by atoms with Gasteiger partial charge in [-0.2, -0.15) is 0 Å². The minimum absolute atomic E-state index is 0.0753. The molecule has 0 amide bonds. The Morgan fingerprint density at radius 3 is 0.782 bits per heavy atom. The van der Waals surface area contributed by atoms with Crippen molar-refractivity contribution in [1.82, 2.24) is 0 Å². The van der Waals surface area contributed by atoms with Crippen LogP contribution in [0.3, 0.4) is 0 Å². The van der Waals surface area contributed by atoms with Crippen molar-refractivity contribution in [3.63, 3.8) is 0 Å². The van der Waals surface area contributed by atoms with Gasteiger partial charge in [0, 0.05) is 19.3 Å². The van der Waals surface area contributed by atoms with Gasteiger partial charge in [0.15, 0.2) is 6.10 Å². The lowest BCUT2D eigenvalue weighted by atomic mass is 10.0. The summed E-state index contributed by atoms with van der Waals surface area (Å²) in [7, 11) is 0. The third kappa shape index (κ3) is 63.9. The minimum Gasteiger partial charge on any atom is -0.462 e. The van der Waals surface area contributed by atoms with E-state index in [2.05, 4.69) is 81.5 Å². The molecule has 0 aliphatic carbocycles. The van der Waals surface area contributed by atoms with Crippen LogP contribution in [0.25, 0.3) is 0 Å². The molecule has 1 unspecified atom stereocenters. The highest BCUT2D eigenvalue weighted by atomic mass is 16.6. The van der Waals surface area contributed by atoms with Gasteiger partial charge in [0.1, 0.15) is 13.2 Å². The van der Waals surface area contributed by atoms with Crippen molar-refractivity contribution in [2.75, 3.05) is 13.2 Å². The summed E-state index contributed by atoms with van der Waals surface area (Å²) in [4.78, 5) is 38.4. The first-order valence-electron chi connectivity index (χ1n) is 34.3. The maximum Gasteiger partial charge on any atom is 0.306 e. The van der Waals surface area contributed by atoms with Gasteiger partial charge in [-0.25, -0.2) is 0 Å². The van der Waals surface area contributed by atoms with Gasteiger partial charge in [-0.15, -0.1) is 0 Å². The van der Waals surface area contributed by atoms with Crippen molar-refractivity contribution in [1.29, 1.82) is 0 Å². The van der Waals surface area contributed by atoms with Crippen LogP contribution in [0, 0.1) is 0 Å². The maximum absolute atomic E-state index is 13.0. The van der Waals surface area contributed by atoms with Gasteiger partial charge in [-0.3, -0.25) is 14.4 Å². The van der Waals surface area contributed by atoms with Crippen LogP contribution in [-0.4, -0.2) is 37.2 Å². The highest BCUT2D eigenvalue weighted by molar-refractivity contribution is 5.71. The topological polar surface area (TPSA) is 78.9 Å². The Bertz CT molecular complexity index is 1390. The molecule has 0 saturated carbocycles. The normalized spacial score (nSPS) is 12.4. The zero-order chi connectivity index (χ0) is 56.4. The van der Waals surface area contributed by atoms with Gasteiger partial charge in [0.05, 0.1) is 0 Å². The molecule has 0 N–H and O–H groups in total. The Morgan fingerprint density at radius 2 is 0.500 bits per heavy atom. The van der Waals surface area contributed by atoms with E-state index in [1.54, 1.807) is 0 Å². The van der Waals surface area contributed by atoms with Gasteiger partial charge in [0.25, 0.3) is 0 Å². The standard InChI is InChI=1S/C72H130O6/c1-4-7-10-13-16-19-22-25-28-31-34-36-39-41-44-47-50-53-56-59-62-65-71(74)77-68-69(67-76-70(73)64-61-58-55-52-49-46-43-40-37-33-30-27-24-21-18-15-12-9-6-3)78-72(75)66-63-60-57-54-51-48-45-42-38-35-32-29-26-23-20-17-14-11-8-5-2/h7,10,16,19,25,28,34,36,41,44,69H,4-6,8-9,11-15,17-18,20-24,26-27,29-33,35,37-40,42-43,45-68H2,1-3H3/b10-7-,19-16-,28-25-,36-34-,44-41-. The van der Waals surface area contributed by atoms with E-state index in [9.17, 15) is 14.4 Å². The first kappa shape index (κ1) is 75.1. The lowest BCUT2D eigenvalue weighted by Crippen LogP contribution is -2.30. The van der Waals surface area contributed by atoms with Crippen LogP contribution in [0.2, 0.25) is 0 Å². The molecule has 0 saturated heterocycles. The monoisotopic (exact) mass is 1090 g/mol. The van der Waals surface area contributed by atoms with Gasteiger partial charge in [-0.1, -0.05) is 338 Å². The summed E-state index contributed by atoms with van der Waals surface area (Å²) >= 11 is 0. The molecule has 0 bridgehead atoms. The van der Waals surface area contributed by atoms with E-state index in [0.717, 1.165) is 109 Å². The van der Waals surface area contributed by atoms with Crippen molar-refractivity contribution < 1.29 is 28.6 Å². The molecule has 6 nitrogen and oxygen atoms in total. The van der Waals surface area contributed by atoms with Crippen molar-refractivity contribution in [2.45, 2.75) is 367 Å². The van der Waals surface area contributed by atoms with E-state index in [1.165, 1.54) is 212 Å². The summed E-state index contributed by atoms with van der Waals surface area (Å²) in [5.41, 5.74) is 0. The van der Waals surface area contributed by atoms with Gasteiger partial charge < -0.3 is 14.2 Å². The Labute approximate surface area is 485 Å². The largest absolute Gasteiger partial charge is 0.462 e. The number of carbonyl (C=O) groups excluding carboxylic acids is 3. The molecule has 0 aromatic carbocycles. The van der Waals surface area contributed by atoms with E-state index in [4.69, 9.17) is 14.2 Å². The van der Waals surface area contributed by atoms with E-state index in [1.807, 2.05) is 0 Å². The second-order valence-corrected chi connectivity index (χ2v) is 23.1. The Morgan fingerprint density at radius 1 is 0.269 bits per heavy atom. The third-order valence-electron chi connectivity index (χ3n) is 15.3. The summed E-state index contributed by atoms with van der Waals surface area (Å²) in [5, 5.41) is 0. The quantitative estimate of drug-likeness (QED) is 0.0261. The molecule has 0 aromatic heterocycles. The molecule has 0 rings (SSSR count). The second kappa shape index (κ2) is 66.6. The van der Waals surface area contributed by atoms with Crippen LogP contribution >= 0.6 is 0 Å². The molecule has 6 heteroatoms. The van der Waals surface area contributed by atoms with Crippen LogP contribution in [0.5, 0.6) is 0 Å². The number of unbranched alkanes of at least 4 members (excludes halogenated alkanes) is 42. The number of hydrogen-bond donors (Lipinski definition) is 0. The van der Waals surface area contributed by atoms with Crippen LogP contribution in [0.15, 0.2) is 60.8 Å². The smallest absolute Gasteiger partial charge is 0.306 e. The van der Waals surface area contributed by atoms with Crippen LogP contribution < -0.4 is 0 Å². The summed E-state index contributed by atoms with van der Waals surface area (Å²) in [5.74, 6) is -0.869. The van der Waals surface area contributed by atoms with E-state index < -0.39 is 6.10 Å². The van der Waals surface area contributed by atoms with Crippen LogP contribution in [-0.2, 0) is 28.6 Å².